The summed E-state index contributed by atoms with van der Waals surface area (Å²) in [4.78, 5) is 2.62. The van der Waals surface area contributed by atoms with Gasteiger partial charge in [-0.25, -0.2) is 13.1 Å². The van der Waals surface area contributed by atoms with Crippen LogP contribution in [-0.4, -0.2) is 51.7 Å². The summed E-state index contributed by atoms with van der Waals surface area (Å²) in [5.41, 5.74) is 0. The summed E-state index contributed by atoms with van der Waals surface area (Å²) >= 11 is 3.30. The Balaban J connectivity index is 1.77. The molecule has 7 heteroatoms. The summed E-state index contributed by atoms with van der Waals surface area (Å²) in [5, 5.41) is 0. The Kier molecular flexibility index (Phi) is 6.40. The number of ether oxygens (including phenoxy) is 1. The molecule has 2 rings (SSSR count). The average Bonchev–Trinajstić information content (AvgIpc) is 2.43. The third-order valence-electron chi connectivity index (χ3n) is 3.56. The van der Waals surface area contributed by atoms with Gasteiger partial charge >= 0.3 is 0 Å². The number of hydrogen-bond acceptors (Lipinski definition) is 4. The minimum Gasteiger partial charge on any atom is -0.373 e. The van der Waals surface area contributed by atoms with Crippen LogP contribution in [0.2, 0.25) is 0 Å². The van der Waals surface area contributed by atoms with Gasteiger partial charge in [-0.3, -0.25) is 4.90 Å². The number of benzene rings is 1. The summed E-state index contributed by atoms with van der Waals surface area (Å²) < 4.78 is 33.5. The molecule has 0 amide bonds. The van der Waals surface area contributed by atoms with E-state index in [0.29, 0.717) is 11.4 Å². The number of morpholine rings is 1. The van der Waals surface area contributed by atoms with Crippen molar-refractivity contribution in [2.24, 2.45) is 0 Å². The highest BCUT2D eigenvalue weighted by molar-refractivity contribution is 9.10. The van der Waals surface area contributed by atoms with Crippen molar-refractivity contribution < 1.29 is 13.2 Å². The van der Waals surface area contributed by atoms with Gasteiger partial charge in [-0.1, -0.05) is 15.9 Å². The Bertz CT molecular complexity index is 567. The van der Waals surface area contributed by atoms with Crippen molar-refractivity contribution in [2.75, 3.05) is 26.2 Å². The maximum atomic E-state index is 12.1. The summed E-state index contributed by atoms with van der Waals surface area (Å²) in [6, 6.07) is 6.64. The van der Waals surface area contributed by atoms with Crippen molar-refractivity contribution in [2.45, 2.75) is 37.4 Å². The van der Waals surface area contributed by atoms with Crippen molar-refractivity contribution in [3.63, 3.8) is 0 Å². The van der Waals surface area contributed by atoms with Crippen LogP contribution in [-0.2, 0) is 14.8 Å². The quantitative estimate of drug-likeness (QED) is 0.756. The minimum absolute atomic E-state index is 0.239. The standard InChI is InChI=1S/C15H23BrN2O3S/c1-12-10-18(11-13(2)21-12)9-3-8-17-22(19,20)15-6-4-14(16)5-7-15/h4-7,12-13,17H,3,8-11H2,1-2H3. The Morgan fingerprint density at radius 3 is 2.41 bits per heavy atom. The third-order valence-corrected chi connectivity index (χ3v) is 5.57. The molecule has 124 valence electrons. The maximum absolute atomic E-state index is 12.1. The smallest absolute Gasteiger partial charge is 0.240 e. The normalized spacial score (nSPS) is 23.6. The molecule has 0 radical (unpaired) electrons. The maximum Gasteiger partial charge on any atom is 0.240 e. The van der Waals surface area contributed by atoms with Crippen molar-refractivity contribution in [3.05, 3.63) is 28.7 Å². The Morgan fingerprint density at radius 1 is 1.23 bits per heavy atom. The van der Waals surface area contributed by atoms with E-state index in [1.165, 1.54) is 0 Å². The number of nitrogens with zero attached hydrogens (tertiary/aromatic N) is 1. The summed E-state index contributed by atoms with van der Waals surface area (Å²) in [6.07, 6.45) is 1.27. The first-order chi connectivity index (χ1) is 10.4. The van der Waals surface area contributed by atoms with Crippen LogP contribution in [0.1, 0.15) is 20.3 Å². The zero-order valence-electron chi connectivity index (χ0n) is 13.0. The highest BCUT2D eigenvalue weighted by Gasteiger charge is 2.21. The molecule has 0 bridgehead atoms. The molecule has 1 fully saturated rings. The van der Waals surface area contributed by atoms with E-state index < -0.39 is 10.0 Å². The van der Waals surface area contributed by atoms with E-state index in [1.54, 1.807) is 24.3 Å². The topological polar surface area (TPSA) is 58.6 Å². The minimum atomic E-state index is -3.42. The fourth-order valence-corrected chi connectivity index (χ4v) is 4.01. The molecule has 1 aromatic rings. The predicted molar refractivity (Wildman–Crippen MR) is 90.4 cm³/mol. The van der Waals surface area contributed by atoms with Gasteiger partial charge in [0.1, 0.15) is 0 Å². The zero-order chi connectivity index (χ0) is 16.2. The van der Waals surface area contributed by atoms with Gasteiger partial charge in [0.15, 0.2) is 0 Å². The molecule has 1 aliphatic heterocycles. The second kappa shape index (κ2) is 7.88. The van der Waals surface area contributed by atoms with Gasteiger partial charge in [0.2, 0.25) is 10.0 Å². The highest BCUT2D eigenvalue weighted by Crippen LogP contribution is 2.14. The summed E-state index contributed by atoms with van der Waals surface area (Å²) in [6.45, 7) is 7.27. The van der Waals surface area contributed by atoms with Gasteiger partial charge in [-0.05, 0) is 51.1 Å². The van der Waals surface area contributed by atoms with Crippen LogP contribution < -0.4 is 4.72 Å². The molecule has 2 atom stereocenters. The van der Waals surface area contributed by atoms with Crippen molar-refractivity contribution >= 4 is 26.0 Å². The summed E-state index contributed by atoms with van der Waals surface area (Å²) in [5.74, 6) is 0. The Hall–Kier alpha value is -0.470. The Labute approximate surface area is 141 Å². The second-order valence-electron chi connectivity index (χ2n) is 5.72. The lowest BCUT2D eigenvalue weighted by Gasteiger charge is -2.35. The van der Waals surface area contributed by atoms with E-state index in [-0.39, 0.29) is 12.2 Å². The lowest BCUT2D eigenvalue weighted by Crippen LogP contribution is -2.46. The first-order valence-electron chi connectivity index (χ1n) is 7.50. The molecular formula is C15H23BrN2O3S. The highest BCUT2D eigenvalue weighted by atomic mass is 79.9. The first-order valence-corrected chi connectivity index (χ1v) is 9.77. The van der Waals surface area contributed by atoms with E-state index in [1.807, 2.05) is 0 Å². The molecule has 1 aromatic carbocycles. The Morgan fingerprint density at radius 2 is 1.82 bits per heavy atom. The lowest BCUT2D eigenvalue weighted by atomic mass is 10.2. The molecule has 1 saturated heterocycles. The molecule has 1 heterocycles. The van der Waals surface area contributed by atoms with Crippen LogP contribution in [0.5, 0.6) is 0 Å². The van der Waals surface area contributed by atoms with Gasteiger partial charge in [0, 0.05) is 24.1 Å². The fourth-order valence-electron chi connectivity index (χ4n) is 2.67. The molecule has 0 aromatic heterocycles. The lowest BCUT2D eigenvalue weighted by molar-refractivity contribution is -0.0679. The molecule has 0 aliphatic carbocycles. The number of rotatable bonds is 6. The van der Waals surface area contributed by atoms with Gasteiger partial charge in [-0.2, -0.15) is 0 Å². The molecule has 2 unspecified atom stereocenters. The van der Waals surface area contributed by atoms with E-state index in [9.17, 15) is 8.42 Å². The van der Waals surface area contributed by atoms with Gasteiger partial charge in [0.25, 0.3) is 0 Å². The molecule has 1 aliphatic rings. The number of sulfonamides is 1. The van der Waals surface area contributed by atoms with Crippen molar-refractivity contribution in [1.82, 2.24) is 9.62 Å². The second-order valence-corrected chi connectivity index (χ2v) is 8.40. The zero-order valence-corrected chi connectivity index (χ0v) is 15.4. The van der Waals surface area contributed by atoms with Gasteiger partial charge < -0.3 is 4.74 Å². The molecule has 0 spiro atoms. The number of halogens is 1. The van der Waals surface area contributed by atoms with E-state index in [4.69, 9.17) is 4.74 Å². The predicted octanol–water partition coefficient (Wildman–Crippen LogP) is 2.23. The van der Waals surface area contributed by atoms with Crippen LogP contribution in [0.25, 0.3) is 0 Å². The average molecular weight is 391 g/mol. The van der Waals surface area contributed by atoms with E-state index >= 15 is 0 Å². The molecule has 5 nitrogen and oxygen atoms in total. The molecular weight excluding hydrogens is 368 g/mol. The van der Waals surface area contributed by atoms with E-state index in [2.05, 4.69) is 39.4 Å². The van der Waals surface area contributed by atoms with Crippen LogP contribution in [0, 0.1) is 0 Å². The monoisotopic (exact) mass is 390 g/mol. The largest absolute Gasteiger partial charge is 0.373 e. The molecule has 0 saturated carbocycles. The number of nitrogens with one attached hydrogen (secondary N) is 1. The van der Waals surface area contributed by atoms with Crippen molar-refractivity contribution in [1.29, 1.82) is 0 Å². The SMILES string of the molecule is CC1CN(CCCNS(=O)(=O)c2ccc(Br)cc2)CC(C)O1. The van der Waals surface area contributed by atoms with Crippen LogP contribution in [0.4, 0.5) is 0 Å². The van der Waals surface area contributed by atoms with Crippen molar-refractivity contribution in [3.8, 4) is 0 Å². The first kappa shape index (κ1) is 17.9. The van der Waals surface area contributed by atoms with Gasteiger partial charge in [0.05, 0.1) is 17.1 Å². The van der Waals surface area contributed by atoms with Crippen LogP contribution in [0.3, 0.4) is 0 Å². The fraction of sp³-hybridized carbons (Fsp3) is 0.600. The van der Waals surface area contributed by atoms with Gasteiger partial charge in [-0.15, -0.1) is 0 Å². The van der Waals surface area contributed by atoms with Crippen LogP contribution in [0.15, 0.2) is 33.6 Å². The molecule has 1 N–H and O–H groups in total. The third kappa shape index (κ3) is 5.31. The molecule has 22 heavy (non-hydrogen) atoms. The number of hydrogen-bond donors (Lipinski definition) is 1. The summed E-state index contributed by atoms with van der Waals surface area (Å²) in [7, 11) is -3.42. The van der Waals surface area contributed by atoms with E-state index in [0.717, 1.165) is 30.5 Å². The van der Waals surface area contributed by atoms with Crippen LogP contribution >= 0.6 is 15.9 Å².